The van der Waals surface area contributed by atoms with Gasteiger partial charge in [0.2, 0.25) is 0 Å². The zero-order chi connectivity index (χ0) is 10.3. The number of halogens is 1. The number of H-pyrrole nitrogens is 1. The van der Waals surface area contributed by atoms with E-state index in [2.05, 4.69) is 52.7 Å². The van der Waals surface area contributed by atoms with Crippen LogP contribution in [0.2, 0.25) is 0 Å². The van der Waals surface area contributed by atoms with Crippen molar-refractivity contribution in [1.29, 1.82) is 0 Å². The van der Waals surface area contributed by atoms with E-state index in [1.807, 2.05) is 6.07 Å². The van der Waals surface area contributed by atoms with E-state index in [0.717, 1.165) is 15.5 Å². The fraction of sp³-hybridized carbons (Fsp3) is 0.364. The number of fused-ring (bicyclic) bond motifs is 1. The van der Waals surface area contributed by atoms with E-state index in [1.54, 1.807) is 6.20 Å². The molecule has 1 N–H and O–H groups in total. The quantitative estimate of drug-likeness (QED) is 0.713. The molecule has 0 aromatic carbocycles. The summed E-state index contributed by atoms with van der Waals surface area (Å²) >= 11 is 3.45. The van der Waals surface area contributed by atoms with Crippen LogP contribution in [0.1, 0.15) is 26.5 Å². The van der Waals surface area contributed by atoms with Crippen LogP contribution in [-0.4, -0.2) is 9.97 Å². The van der Waals surface area contributed by atoms with Gasteiger partial charge < -0.3 is 4.98 Å². The second-order valence-corrected chi connectivity index (χ2v) is 5.25. The topological polar surface area (TPSA) is 28.7 Å². The first-order chi connectivity index (χ1) is 6.48. The highest BCUT2D eigenvalue weighted by atomic mass is 79.9. The first-order valence-corrected chi connectivity index (χ1v) is 5.41. The van der Waals surface area contributed by atoms with E-state index in [-0.39, 0.29) is 5.41 Å². The predicted octanol–water partition coefficient (Wildman–Crippen LogP) is 3.62. The Bertz CT molecular complexity index is 466. The summed E-state index contributed by atoms with van der Waals surface area (Å²) in [6.45, 7) is 6.58. The van der Waals surface area contributed by atoms with Crippen LogP contribution in [-0.2, 0) is 5.41 Å². The highest BCUT2D eigenvalue weighted by molar-refractivity contribution is 9.10. The summed E-state index contributed by atoms with van der Waals surface area (Å²) in [7, 11) is 0. The zero-order valence-corrected chi connectivity index (χ0v) is 10.1. The van der Waals surface area contributed by atoms with Crippen LogP contribution in [0, 0.1) is 0 Å². The van der Waals surface area contributed by atoms with Crippen LogP contribution in [0.4, 0.5) is 0 Å². The molecule has 74 valence electrons. The predicted molar refractivity (Wildman–Crippen MR) is 62.5 cm³/mol. The molecular formula is C11H13BrN2. The smallest absolute Gasteiger partial charge is 0.115 e. The van der Waals surface area contributed by atoms with Crippen molar-refractivity contribution in [2.24, 2.45) is 0 Å². The Morgan fingerprint density at radius 3 is 2.64 bits per heavy atom. The van der Waals surface area contributed by atoms with Crippen molar-refractivity contribution in [1.82, 2.24) is 9.97 Å². The molecule has 0 aliphatic carbocycles. The number of nitrogens with one attached hydrogen (secondary N) is 1. The van der Waals surface area contributed by atoms with Gasteiger partial charge in [0.1, 0.15) is 4.60 Å². The summed E-state index contributed by atoms with van der Waals surface area (Å²) in [4.78, 5) is 7.61. The maximum Gasteiger partial charge on any atom is 0.115 e. The molecule has 0 bridgehead atoms. The largest absolute Gasteiger partial charge is 0.358 e. The summed E-state index contributed by atoms with van der Waals surface area (Å²) in [5.74, 6) is 0. The van der Waals surface area contributed by atoms with Crippen molar-refractivity contribution in [3.8, 4) is 0 Å². The number of hydrogen-bond acceptors (Lipinski definition) is 1. The third kappa shape index (κ3) is 1.57. The Kier molecular flexibility index (Phi) is 2.14. The number of hydrogen-bond donors (Lipinski definition) is 1. The van der Waals surface area contributed by atoms with Gasteiger partial charge in [-0.2, -0.15) is 0 Å². The second-order valence-electron chi connectivity index (χ2n) is 4.50. The van der Waals surface area contributed by atoms with Crippen LogP contribution < -0.4 is 0 Å². The Balaban J connectivity index is 2.69. The number of pyridine rings is 1. The third-order valence-corrected chi connectivity index (χ3v) is 2.94. The normalized spacial score (nSPS) is 12.3. The molecule has 2 rings (SSSR count). The summed E-state index contributed by atoms with van der Waals surface area (Å²) < 4.78 is 0.904. The minimum absolute atomic E-state index is 0.151. The Morgan fingerprint density at radius 1 is 1.36 bits per heavy atom. The van der Waals surface area contributed by atoms with E-state index >= 15 is 0 Å². The van der Waals surface area contributed by atoms with Crippen molar-refractivity contribution in [3.05, 3.63) is 28.6 Å². The lowest BCUT2D eigenvalue weighted by Crippen LogP contribution is -2.10. The van der Waals surface area contributed by atoms with Gasteiger partial charge in [-0.3, -0.25) is 0 Å². The van der Waals surface area contributed by atoms with Gasteiger partial charge in [-0.1, -0.05) is 20.8 Å². The van der Waals surface area contributed by atoms with Crippen molar-refractivity contribution in [3.63, 3.8) is 0 Å². The summed E-state index contributed by atoms with van der Waals surface area (Å²) in [5.41, 5.74) is 2.52. The van der Waals surface area contributed by atoms with Gasteiger partial charge >= 0.3 is 0 Å². The monoisotopic (exact) mass is 252 g/mol. The van der Waals surface area contributed by atoms with Crippen molar-refractivity contribution in [2.45, 2.75) is 26.2 Å². The molecule has 0 aliphatic rings. The lowest BCUT2D eigenvalue weighted by Gasteiger charge is -2.15. The van der Waals surface area contributed by atoms with E-state index in [9.17, 15) is 0 Å². The van der Waals surface area contributed by atoms with Gasteiger partial charge in [0.25, 0.3) is 0 Å². The number of nitrogens with zero attached hydrogens (tertiary/aromatic N) is 1. The molecule has 0 aliphatic heterocycles. The van der Waals surface area contributed by atoms with Crippen LogP contribution >= 0.6 is 15.9 Å². The summed E-state index contributed by atoms with van der Waals surface area (Å²) in [5, 5.41) is 1.15. The fourth-order valence-corrected chi connectivity index (χ4v) is 1.87. The summed E-state index contributed by atoms with van der Waals surface area (Å²) in [6.07, 6.45) is 1.80. The van der Waals surface area contributed by atoms with E-state index in [0.29, 0.717) is 0 Å². The molecule has 0 radical (unpaired) electrons. The maximum atomic E-state index is 4.20. The van der Waals surface area contributed by atoms with Crippen LogP contribution in [0.3, 0.4) is 0 Å². The lowest BCUT2D eigenvalue weighted by molar-refractivity contribution is 0.574. The number of aromatic amines is 1. The van der Waals surface area contributed by atoms with Crippen LogP contribution in [0.5, 0.6) is 0 Å². The first-order valence-electron chi connectivity index (χ1n) is 4.62. The summed E-state index contributed by atoms with van der Waals surface area (Å²) in [6, 6.07) is 4.15. The Hall–Kier alpha value is -0.830. The van der Waals surface area contributed by atoms with Gasteiger partial charge in [0, 0.05) is 28.2 Å². The molecule has 2 aromatic heterocycles. The average molecular weight is 253 g/mol. The van der Waals surface area contributed by atoms with E-state index in [4.69, 9.17) is 0 Å². The van der Waals surface area contributed by atoms with Gasteiger partial charge in [0.05, 0.1) is 0 Å². The number of aromatic nitrogens is 2. The fourth-order valence-electron chi connectivity index (χ4n) is 1.42. The molecule has 0 atom stereocenters. The lowest BCUT2D eigenvalue weighted by atomic mass is 9.92. The molecule has 2 heterocycles. The highest BCUT2D eigenvalue weighted by Crippen LogP contribution is 2.28. The third-order valence-electron chi connectivity index (χ3n) is 2.31. The van der Waals surface area contributed by atoms with Crippen molar-refractivity contribution in [2.75, 3.05) is 0 Å². The van der Waals surface area contributed by atoms with Gasteiger partial charge in [0.15, 0.2) is 0 Å². The van der Waals surface area contributed by atoms with Gasteiger partial charge in [-0.15, -0.1) is 0 Å². The Labute approximate surface area is 91.9 Å². The standard InChI is InChI=1S/C11H13BrN2/c1-11(2,3)9-6-7-8(14-9)4-5-13-10(7)12/h4-6,14H,1-3H3. The SMILES string of the molecule is CC(C)(C)c1cc2c(Br)nccc2[nH]1. The molecule has 0 amide bonds. The number of rotatable bonds is 0. The van der Waals surface area contributed by atoms with Gasteiger partial charge in [-0.05, 0) is 28.1 Å². The second kappa shape index (κ2) is 3.09. The molecule has 0 spiro atoms. The highest BCUT2D eigenvalue weighted by Gasteiger charge is 2.16. The molecular weight excluding hydrogens is 240 g/mol. The Morgan fingerprint density at radius 2 is 2.07 bits per heavy atom. The molecule has 2 aromatic rings. The minimum atomic E-state index is 0.151. The molecule has 2 nitrogen and oxygen atoms in total. The molecule has 14 heavy (non-hydrogen) atoms. The molecule has 0 saturated carbocycles. The van der Waals surface area contributed by atoms with E-state index < -0.39 is 0 Å². The minimum Gasteiger partial charge on any atom is -0.358 e. The maximum absolute atomic E-state index is 4.20. The zero-order valence-electron chi connectivity index (χ0n) is 8.56. The molecule has 3 heteroatoms. The van der Waals surface area contributed by atoms with Crippen molar-refractivity contribution < 1.29 is 0 Å². The molecule has 0 fully saturated rings. The molecule has 0 unspecified atom stereocenters. The van der Waals surface area contributed by atoms with Crippen molar-refractivity contribution >= 4 is 26.8 Å². The molecule has 0 saturated heterocycles. The van der Waals surface area contributed by atoms with Gasteiger partial charge in [-0.25, -0.2) is 4.98 Å². The van der Waals surface area contributed by atoms with E-state index in [1.165, 1.54) is 5.69 Å². The van der Waals surface area contributed by atoms with Crippen LogP contribution in [0.15, 0.2) is 22.9 Å². The average Bonchev–Trinajstić information content (AvgIpc) is 2.48. The first kappa shape index (κ1) is 9.71. The van der Waals surface area contributed by atoms with Crippen LogP contribution in [0.25, 0.3) is 10.9 Å².